The van der Waals surface area contributed by atoms with Crippen molar-refractivity contribution in [2.45, 2.75) is 6.61 Å². The standard InChI is InChI=1S/C30H21FN4O4/c31-24-11-5-6-12-25(24)33-28(36)17-35-29(37)26(34-30(35)38)15-23-22-10-4-3-7-19(22)13-14-27(23)39-18-21-9-2-1-8-20(21)16-32/h1-15H,17-18H2,(H,33,36)(H,34,38)/b26-15+. The van der Waals surface area contributed by atoms with Crippen molar-refractivity contribution in [3.05, 3.63) is 113 Å². The number of carbonyl (C=O) groups excluding carboxylic acids is 3. The summed E-state index contributed by atoms with van der Waals surface area (Å²) in [5, 5.41) is 15.9. The molecule has 192 valence electrons. The van der Waals surface area contributed by atoms with Crippen molar-refractivity contribution >= 4 is 40.4 Å². The molecule has 0 saturated carbocycles. The van der Waals surface area contributed by atoms with E-state index in [1.54, 1.807) is 30.3 Å². The number of imide groups is 1. The second kappa shape index (κ2) is 10.9. The average Bonchev–Trinajstić information content (AvgIpc) is 3.21. The van der Waals surface area contributed by atoms with Gasteiger partial charge in [-0.05, 0) is 41.1 Å². The monoisotopic (exact) mass is 520 g/mol. The smallest absolute Gasteiger partial charge is 0.329 e. The molecule has 1 saturated heterocycles. The van der Waals surface area contributed by atoms with Gasteiger partial charge in [-0.1, -0.05) is 60.7 Å². The predicted molar refractivity (Wildman–Crippen MR) is 143 cm³/mol. The second-order valence-electron chi connectivity index (χ2n) is 8.66. The molecule has 0 bridgehead atoms. The molecule has 0 aliphatic carbocycles. The Kier molecular flexibility index (Phi) is 7.01. The van der Waals surface area contributed by atoms with Crippen LogP contribution in [0.25, 0.3) is 16.8 Å². The van der Waals surface area contributed by atoms with E-state index in [2.05, 4.69) is 16.7 Å². The average molecular weight is 521 g/mol. The number of anilines is 1. The Morgan fingerprint density at radius 2 is 1.74 bits per heavy atom. The zero-order valence-electron chi connectivity index (χ0n) is 20.5. The molecule has 4 amide bonds. The van der Waals surface area contributed by atoms with E-state index < -0.39 is 30.2 Å². The maximum absolute atomic E-state index is 13.9. The van der Waals surface area contributed by atoms with Crippen molar-refractivity contribution in [3.63, 3.8) is 0 Å². The number of fused-ring (bicyclic) bond motifs is 1. The molecule has 8 nitrogen and oxygen atoms in total. The van der Waals surface area contributed by atoms with E-state index in [0.29, 0.717) is 22.4 Å². The number of nitrogens with one attached hydrogen (secondary N) is 2. The number of urea groups is 1. The number of amides is 4. The fourth-order valence-corrected chi connectivity index (χ4v) is 4.22. The van der Waals surface area contributed by atoms with E-state index >= 15 is 0 Å². The lowest BCUT2D eigenvalue weighted by molar-refractivity contribution is -0.127. The van der Waals surface area contributed by atoms with Gasteiger partial charge in [-0.25, -0.2) is 14.1 Å². The summed E-state index contributed by atoms with van der Waals surface area (Å²) in [7, 11) is 0. The highest BCUT2D eigenvalue weighted by molar-refractivity contribution is 6.16. The molecular weight excluding hydrogens is 499 g/mol. The maximum Gasteiger partial charge on any atom is 0.329 e. The molecule has 1 aliphatic rings. The van der Waals surface area contributed by atoms with Crippen LogP contribution in [0.5, 0.6) is 5.75 Å². The summed E-state index contributed by atoms with van der Waals surface area (Å²) in [6.07, 6.45) is 1.50. The lowest BCUT2D eigenvalue weighted by Gasteiger charge is -2.14. The van der Waals surface area contributed by atoms with Crippen molar-refractivity contribution < 1.29 is 23.5 Å². The molecule has 4 aromatic rings. The molecule has 0 radical (unpaired) electrons. The van der Waals surface area contributed by atoms with Crippen LogP contribution in [0.15, 0.2) is 90.6 Å². The van der Waals surface area contributed by atoms with E-state index in [1.165, 1.54) is 24.3 Å². The summed E-state index contributed by atoms with van der Waals surface area (Å²) in [4.78, 5) is 38.9. The number of rotatable bonds is 7. The number of carbonyl (C=O) groups is 3. The highest BCUT2D eigenvalue weighted by atomic mass is 19.1. The molecule has 1 aliphatic heterocycles. The molecule has 1 heterocycles. The molecule has 0 atom stereocenters. The zero-order chi connectivity index (χ0) is 27.4. The first kappa shape index (κ1) is 25.2. The Balaban J connectivity index is 1.42. The molecule has 0 unspecified atom stereocenters. The number of halogens is 1. The van der Waals surface area contributed by atoms with Gasteiger partial charge in [0.05, 0.1) is 17.3 Å². The molecule has 1 fully saturated rings. The maximum atomic E-state index is 13.9. The quantitative estimate of drug-likeness (QED) is 0.264. The minimum absolute atomic E-state index is 0.0441. The highest BCUT2D eigenvalue weighted by Crippen LogP contribution is 2.32. The third kappa shape index (κ3) is 5.31. The summed E-state index contributed by atoms with van der Waals surface area (Å²) in [6, 6.07) is 25.1. The Labute approximate surface area is 222 Å². The van der Waals surface area contributed by atoms with Crippen molar-refractivity contribution in [2.24, 2.45) is 0 Å². The zero-order valence-corrected chi connectivity index (χ0v) is 20.5. The molecule has 5 rings (SSSR count). The first-order valence-corrected chi connectivity index (χ1v) is 12.0. The van der Waals surface area contributed by atoms with Gasteiger partial charge in [0.25, 0.3) is 5.91 Å². The van der Waals surface area contributed by atoms with Crippen LogP contribution in [-0.4, -0.2) is 29.3 Å². The number of hydrogen-bond acceptors (Lipinski definition) is 5. The minimum atomic E-state index is -0.777. The van der Waals surface area contributed by atoms with Crippen molar-refractivity contribution in [1.82, 2.24) is 10.2 Å². The summed E-state index contributed by atoms with van der Waals surface area (Å²) >= 11 is 0. The highest BCUT2D eigenvalue weighted by Gasteiger charge is 2.35. The van der Waals surface area contributed by atoms with Gasteiger partial charge in [-0.3, -0.25) is 9.59 Å². The van der Waals surface area contributed by atoms with Gasteiger partial charge in [-0.15, -0.1) is 0 Å². The van der Waals surface area contributed by atoms with E-state index in [4.69, 9.17) is 4.74 Å². The van der Waals surface area contributed by atoms with Gasteiger partial charge in [0.1, 0.15) is 30.4 Å². The summed E-state index contributed by atoms with van der Waals surface area (Å²) in [5.74, 6) is -1.64. The second-order valence-corrected chi connectivity index (χ2v) is 8.66. The predicted octanol–water partition coefficient (Wildman–Crippen LogP) is 4.96. The summed E-state index contributed by atoms with van der Waals surface area (Å²) < 4.78 is 20.0. The fraction of sp³-hybridized carbons (Fsp3) is 0.0667. The number of nitriles is 1. The van der Waals surface area contributed by atoms with Crippen LogP contribution in [0.2, 0.25) is 0 Å². The van der Waals surface area contributed by atoms with E-state index in [1.807, 2.05) is 36.4 Å². The lowest BCUT2D eigenvalue weighted by atomic mass is 10.0. The fourth-order valence-electron chi connectivity index (χ4n) is 4.22. The van der Waals surface area contributed by atoms with Crippen molar-refractivity contribution in [1.29, 1.82) is 5.26 Å². The normalized spacial score (nSPS) is 13.8. The van der Waals surface area contributed by atoms with Crippen molar-refractivity contribution in [2.75, 3.05) is 11.9 Å². The third-order valence-corrected chi connectivity index (χ3v) is 6.15. The SMILES string of the molecule is N#Cc1ccccc1COc1ccc2ccccc2c1/C=C1/NC(=O)N(CC(=O)Nc2ccccc2F)C1=O. The number of para-hydroxylation sites is 1. The molecule has 0 spiro atoms. The summed E-state index contributed by atoms with van der Waals surface area (Å²) in [6.45, 7) is -0.485. The number of benzene rings is 4. The summed E-state index contributed by atoms with van der Waals surface area (Å²) in [5.41, 5.74) is 1.63. The van der Waals surface area contributed by atoms with Crippen LogP contribution in [0, 0.1) is 17.1 Å². The van der Waals surface area contributed by atoms with Crippen LogP contribution < -0.4 is 15.4 Å². The van der Waals surface area contributed by atoms with Crippen LogP contribution in [0.4, 0.5) is 14.9 Å². The Morgan fingerprint density at radius 1 is 1.00 bits per heavy atom. The number of hydrogen-bond donors (Lipinski definition) is 2. The first-order valence-electron chi connectivity index (χ1n) is 12.0. The van der Waals surface area contributed by atoms with Gasteiger partial charge in [0.15, 0.2) is 0 Å². The minimum Gasteiger partial charge on any atom is -0.488 e. The lowest BCUT2D eigenvalue weighted by Crippen LogP contribution is -2.38. The topological polar surface area (TPSA) is 112 Å². The van der Waals surface area contributed by atoms with E-state index in [9.17, 15) is 24.0 Å². The van der Waals surface area contributed by atoms with Crippen LogP contribution in [0.3, 0.4) is 0 Å². The van der Waals surface area contributed by atoms with Gasteiger partial charge >= 0.3 is 6.03 Å². The Hall–Kier alpha value is -5.49. The molecule has 4 aromatic carbocycles. The molecule has 9 heteroatoms. The molecule has 39 heavy (non-hydrogen) atoms. The van der Waals surface area contributed by atoms with Crippen molar-refractivity contribution in [3.8, 4) is 11.8 Å². The van der Waals surface area contributed by atoms with Gasteiger partial charge < -0.3 is 15.4 Å². The van der Waals surface area contributed by atoms with Crippen LogP contribution in [-0.2, 0) is 16.2 Å². The van der Waals surface area contributed by atoms with Crippen LogP contribution >= 0.6 is 0 Å². The Bertz CT molecular complexity index is 1690. The van der Waals surface area contributed by atoms with E-state index in [0.717, 1.165) is 15.7 Å². The van der Waals surface area contributed by atoms with Gasteiger partial charge in [0.2, 0.25) is 5.91 Å². The molecule has 0 aromatic heterocycles. The largest absolute Gasteiger partial charge is 0.488 e. The molecular formula is C30H21FN4O4. The van der Waals surface area contributed by atoms with E-state index in [-0.39, 0.29) is 18.0 Å². The molecule has 2 N–H and O–H groups in total. The number of nitrogens with zero attached hydrogens (tertiary/aromatic N) is 2. The Morgan fingerprint density at radius 3 is 2.56 bits per heavy atom. The number of ether oxygens (including phenoxy) is 1. The third-order valence-electron chi connectivity index (χ3n) is 6.15. The first-order chi connectivity index (χ1) is 18.9. The van der Waals surface area contributed by atoms with Crippen LogP contribution in [0.1, 0.15) is 16.7 Å². The van der Waals surface area contributed by atoms with Gasteiger partial charge in [0, 0.05) is 11.1 Å². The van der Waals surface area contributed by atoms with Gasteiger partial charge in [-0.2, -0.15) is 5.26 Å².